The third-order valence-corrected chi connectivity index (χ3v) is 6.26. The Bertz CT molecular complexity index is 1170. The second-order valence-corrected chi connectivity index (χ2v) is 8.60. The number of piperidine rings is 1. The highest BCUT2D eigenvalue weighted by molar-refractivity contribution is 6.30. The van der Waals surface area contributed by atoms with Crippen LogP contribution in [0.2, 0.25) is 5.02 Å². The number of halogens is 2. The van der Waals surface area contributed by atoms with Gasteiger partial charge in [-0.3, -0.25) is 9.59 Å². The Labute approximate surface area is 188 Å². The highest BCUT2D eigenvalue weighted by Gasteiger charge is 2.55. The van der Waals surface area contributed by atoms with Crippen molar-refractivity contribution < 1.29 is 14.0 Å². The van der Waals surface area contributed by atoms with Crippen molar-refractivity contribution >= 4 is 23.4 Å². The summed E-state index contributed by atoms with van der Waals surface area (Å²) in [6.45, 7) is 0.0912. The highest BCUT2D eigenvalue weighted by atomic mass is 35.5. The second-order valence-electron chi connectivity index (χ2n) is 8.17. The molecule has 2 fully saturated rings. The van der Waals surface area contributed by atoms with Crippen molar-refractivity contribution in [3.63, 3.8) is 0 Å². The number of carbonyl (C=O) groups is 2. The number of likely N-dealkylation sites (tertiary alicyclic amines) is 1. The first-order valence-corrected chi connectivity index (χ1v) is 10.7. The van der Waals surface area contributed by atoms with Gasteiger partial charge < -0.3 is 10.2 Å². The molecule has 1 saturated heterocycles. The molecule has 1 aromatic heterocycles. The standard InChI is InChI=1S/C22H20ClFN6O2/c23-16-3-1-2-13(6-16)7-21(31)30-19-9-14(19)10-20(30)22(32)25-11-15-8-17(24)4-5-18(15)29-12-26-27-28-29/h1-6,8,12,14,19-20H,7,9-11H2,(H,25,32). The van der Waals surface area contributed by atoms with Crippen LogP contribution < -0.4 is 5.32 Å². The summed E-state index contributed by atoms with van der Waals surface area (Å²) in [7, 11) is 0. The van der Waals surface area contributed by atoms with E-state index < -0.39 is 11.9 Å². The molecule has 0 radical (unpaired) electrons. The molecule has 0 bridgehead atoms. The minimum absolute atomic E-state index is 0.0856. The lowest BCUT2D eigenvalue weighted by molar-refractivity contribution is -0.139. The van der Waals surface area contributed by atoms with Crippen LogP contribution in [0.3, 0.4) is 0 Å². The van der Waals surface area contributed by atoms with E-state index in [9.17, 15) is 14.0 Å². The normalized spacial score (nSPS) is 21.3. The molecule has 2 aliphatic rings. The molecule has 3 atom stereocenters. The topological polar surface area (TPSA) is 93.0 Å². The second kappa shape index (κ2) is 8.31. The Morgan fingerprint density at radius 2 is 2.06 bits per heavy atom. The number of nitrogens with zero attached hydrogens (tertiary/aromatic N) is 5. The lowest BCUT2D eigenvalue weighted by atomic mass is 10.1. The summed E-state index contributed by atoms with van der Waals surface area (Å²) in [6, 6.07) is 11.0. The average Bonchev–Trinajstić information content (AvgIpc) is 3.16. The molecule has 1 aliphatic heterocycles. The first-order chi connectivity index (χ1) is 15.5. The van der Waals surface area contributed by atoms with Gasteiger partial charge in [-0.25, -0.2) is 9.07 Å². The van der Waals surface area contributed by atoms with Crippen LogP contribution >= 0.6 is 11.6 Å². The molecule has 3 unspecified atom stereocenters. The molecule has 10 heteroatoms. The molecule has 0 spiro atoms. The van der Waals surface area contributed by atoms with Crippen molar-refractivity contribution in [2.45, 2.75) is 37.9 Å². The Morgan fingerprint density at radius 3 is 2.84 bits per heavy atom. The van der Waals surface area contributed by atoms with Gasteiger partial charge in [0.2, 0.25) is 11.8 Å². The largest absolute Gasteiger partial charge is 0.350 e. The van der Waals surface area contributed by atoms with Crippen molar-refractivity contribution in [1.82, 2.24) is 30.4 Å². The molecule has 2 heterocycles. The monoisotopic (exact) mass is 454 g/mol. The fraction of sp³-hybridized carbons (Fsp3) is 0.318. The van der Waals surface area contributed by atoms with Crippen molar-refractivity contribution in [3.8, 4) is 5.69 Å². The number of aromatic nitrogens is 4. The predicted molar refractivity (Wildman–Crippen MR) is 113 cm³/mol. The SMILES string of the molecule is O=C(NCc1cc(F)ccc1-n1cnnn1)C1CC2CC2N1C(=O)Cc1cccc(Cl)c1. The van der Waals surface area contributed by atoms with Crippen molar-refractivity contribution in [1.29, 1.82) is 0 Å². The number of benzene rings is 2. The van der Waals surface area contributed by atoms with Crippen LogP contribution in [0.15, 0.2) is 48.8 Å². The van der Waals surface area contributed by atoms with Gasteiger partial charge in [0.15, 0.2) is 0 Å². The average molecular weight is 455 g/mol. The summed E-state index contributed by atoms with van der Waals surface area (Å²) in [4.78, 5) is 27.8. The fourth-order valence-corrected chi connectivity index (χ4v) is 4.67. The van der Waals surface area contributed by atoms with Crippen LogP contribution in [0.1, 0.15) is 24.0 Å². The Balaban J connectivity index is 1.29. The van der Waals surface area contributed by atoms with E-state index in [0.717, 1.165) is 12.0 Å². The minimum Gasteiger partial charge on any atom is -0.350 e. The van der Waals surface area contributed by atoms with E-state index in [1.165, 1.54) is 23.1 Å². The number of hydrogen-bond donors (Lipinski definition) is 1. The molecule has 164 valence electrons. The number of fused-ring (bicyclic) bond motifs is 1. The lowest BCUT2D eigenvalue weighted by Crippen LogP contribution is -2.48. The summed E-state index contributed by atoms with van der Waals surface area (Å²) in [5.74, 6) is -0.396. The van der Waals surface area contributed by atoms with E-state index in [2.05, 4.69) is 20.8 Å². The number of carbonyl (C=O) groups excluding carboxylic acids is 2. The minimum atomic E-state index is -0.532. The third-order valence-electron chi connectivity index (χ3n) is 6.03. The molecule has 1 aliphatic carbocycles. The molecule has 1 saturated carbocycles. The van der Waals surface area contributed by atoms with Gasteiger partial charge in [-0.05, 0) is 70.6 Å². The Hall–Kier alpha value is -3.33. The smallest absolute Gasteiger partial charge is 0.243 e. The molecule has 3 aromatic rings. The fourth-order valence-electron chi connectivity index (χ4n) is 4.45. The summed E-state index contributed by atoms with van der Waals surface area (Å²) >= 11 is 6.03. The summed E-state index contributed by atoms with van der Waals surface area (Å²) in [5.41, 5.74) is 1.92. The first-order valence-electron chi connectivity index (χ1n) is 10.3. The van der Waals surface area contributed by atoms with Crippen molar-refractivity contribution in [2.24, 2.45) is 5.92 Å². The third kappa shape index (κ3) is 4.08. The van der Waals surface area contributed by atoms with Gasteiger partial charge in [-0.2, -0.15) is 0 Å². The van der Waals surface area contributed by atoms with Gasteiger partial charge in [0.25, 0.3) is 0 Å². The Morgan fingerprint density at radius 1 is 1.19 bits per heavy atom. The lowest BCUT2D eigenvalue weighted by Gasteiger charge is -2.27. The molecular weight excluding hydrogens is 435 g/mol. The van der Waals surface area contributed by atoms with Crippen molar-refractivity contribution in [3.05, 3.63) is 70.8 Å². The molecule has 2 amide bonds. The van der Waals surface area contributed by atoms with Gasteiger partial charge >= 0.3 is 0 Å². The number of rotatable bonds is 6. The number of nitrogens with one attached hydrogen (secondary N) is 1. The summed E-state index contributed by atoms with van der Waals surface area (Å²) in [6.07, 6.45) is 3.17. The summed E-state index contributed by atoms with van der Waals surface area (Å²) in [5, 5.41) is 14.5. The molecule has 5 rings (SSSR count). The van der Waals surface area contributed by atoms with Crippen LogP contribution in [0.5, 0.6) is 0 Å². The zero-order valence-electron chi connectivity index (χ0n) is 17.0. The number of hydrogen-bond acceptors (Lipinski definition) is 5. The van der Waals surface area contributed by atoms with Gasteiger partial charge in [-0.15, -0.1) is 5.10 Å². The van der Waals surface area contributed by atoms with Gasteiger partial charge in [0.05, 0.1) is 12.1 Å². The highest BCUT2D eigenvalue weighted by Crippen LogP contribution is 2.48. The van der Waals surface area contributed by atoms with Crippen LogP contribution in [-0.4, -0.2) is 49.0 Å². The van der Waals surface area contributed by atoms with Gasteiger partial charge in [-0.1, -0.05) is 23.7 Å². The van der Waals surface area contributed by atoms with Crippen molar-refractivity contribution in [2.75, 3.05) is 0 Å². The van der Waals surface area contributed by atoms with Crippen LogP contribution in [0.25, 0.3) is 5.69 Å². The van der Waals surface area contributed by atoms with E-state index in [1.807, 2.05) is 6.07 Å². The summed E-state index contributed by atoms with van der Waals surface area (Å²) < 4.78 is 15.2. The Kier molecular flexibility index (Phi) is 5.34. The van der Waals surface area contributed by atoms with E-state index >= 15 is 0 Å². The molecule has 32 heavy (non-hydrogen) atoms. The maximum absolute atomic E-state index is 13.8. The number of tetrazole rings is 1. The molecule has 2 aromatic carbocycles. The zero-order chi connectivity index (χ0) is 22.2. The predicted octanol–water partition coefficient (Wildman–Crippen LogP) is 2.30. The quantitative estimate of drug-likeness (QED) is 0.617. The molecule has 8 nitrogen and oxygen atoms in total. The van der Waals surface area contributed by atoms with E-state index in [1.54, 1.807) is 29.2 Å². The van der Waals surface area contributed by atoms with E-state index in [4.69, 9.17) is 11.6 Å². The molecular formula is C22H20ClFN6O2. The van der Waals surface area contributed by atoms with Crippen LogP contribution in [0, 0.1) is 11.7 Å². The first kappa shape index (κ1) is 20.6. The van der Waals surface area contributed by atoms with E-state index in [0.29, 0.717) is 28.6 Å². The van der Waals surface area contributed by atoms with Gasteiger partial charge in [0.1, 0.15) is 18.2 Å². The molecule has 1 N–H and O–H groups in total. The zero-order valence-corrected chi connectivity index (χ0v) is 17.7. The van der Waals surface area contributed by atoms with Gasteiger partial charge in [0, 0.05) is 17.6 Å². The van der Waals surface area contributed by atoms with E-state index in [-0.39, 0.29) is 30.8 Å². The van der Waals surface area contributed by atoms with Crippen LogP contribution in [-0.2, 0) is 22.6 Å². The van der Waals surface area contributed by atoms with Crippen LogP contribution in [0.4, 0.5) is 4.39 Å². The maximum Gasteiger partial charge on any atom is 0.243 e. The number of amides is 2. The maximum atomic E-state index is 13.8.